The molecule has 0 fully saturated rings. The maximum absolute atomic E-state index is 13.5. The SMILES string of the molecule is CCN(C)S(=O)(=O)c1cc(C(=O)O)cc(F)c1F. The van der Waals surface area contributed by atoms with E-state index in [2.05, 4.69) is 0 Å². The Morgan fingerprint density at radius 2 is 1.94 bits per heavy atom. The molecule has 0 aliphatic heterocycles. The summed E-state index contributed by atoms with van der Waals surface area (Å²) in [5.41, 5.74) is -0.628. The normalized spacial score (nSPS) is 11.8. The number of sulfonamides is 1. The van der Waals surface area contributed by atoms with Crippen molar-refractivity contribution in [1.29, 1.82) is 0 Å². The third-order valence-corrected chi connectivity index (χ3v) is 4.31. The molecule has 0 heterocycles. The highest BCUT2D eigenvalue weighted by Gasteiger charge is 2.27. The first kappa shape index (κ1) is 14.5. The monoisotopic (exact) mass is 279 g/mol. The number of benzene rings is 1. The highest BCUT2D eigenvalue weighted by atomic mass is 32.2. The van der Waals surface area contributed by atoms with Crippen LogP contribution in [-0.4, -0.2) is 37.4 Å². The van der Waals surface area contributed by atoms with Gasteiger partial charge in [-0.1, -0.05) is 6.92 Å². The summed E-state index contributed by atoms with van der Waals surface area (Å²) in [6.45, 7) is 1.55. The molecule has 0 aromatic heterocycles. The summed E-state index contributed by atoms with van der Waals surface area (Å²) in [5, 5.41) is 8.69. The molecule has 0 aliphatic carbocycles. The minimum atomic E-state index is -4.24. The Balaban J connectivity index is 3.55. The number of carbonyl (C=O) groups is 1. The first-order valence-electron chi connectivity index (χ1n) is 4.90. The highest BCUT2D eigenvalue weighted by Crippen LogP contribution is 2.22. The number of carboxylic acid groups (broad SMARTS) is 1. The molecule has 1 aromatic carbocycles. The first-order chi connectivity index (χ1) is 8.21. The maximum atomic E-state index is 13.5. The third-order valence-electron chi connectivity index (χ3n) is 2.38. The molecule has 0 unspecified atom stereocenters. The number of nitrogens with zero attached hydrogens (tertiary/aromatic N) is 1. The minimum Gasteiger partial charge on any atom is -0.478 e. The fourth-order valence-corrected chi connectivity index (χ4v) is 2.49. The second kappa shape index (κ2) is 4.99. The Labute approximate surface area is 103 Å². The van der Waals surface area contributed by atoms with Gasteiger partial charge in [-0.2, -0.15) is 0 Å². The van der Waals surface area contributed by atoms with E-state index >= 15 is 0 Å². The van der Waals surface area contributed by atoms with E-state index in [0.29, 0.717) is 12.1 Å². The number of hydrogen-bond acceptors (Lipinski definition) is 3. The van der Waals surface area contributed by atoms with Crippen molar-refractivity contribution in [2.75, 3.05) is 13.6 Å². The van der Waals surface area contributed by atoms with Crippen LogP contribution in [0.3, 0.4) is 0 Å². The molecule has 8 heteroatoms. The van der Waals surface area contributed by atoms with E-state index in [1.807, 2.05) is 0 Å². The van der Waals surface area contributed by atoms with E-state index in [-0.39, 0.29) is 6.54 Å². The molecular formula is C10H11F2NO4S. The molecule has 5 nitrogen and oxygen atoms in total. The van der Waals surface area contributed by atoms with Gasteiger partial charge in [-0.15, -0.1) is 0 Å². The topological polar surface area (TPSA) is 74.7 Å². The van der Waals surface area contributed by atoms with E-state index in [0.717, 1.165) is 4.31 Å². The number of hydrogen-bond donors (Lipinski definition) is 1. The molecular weight excluding hydrogens is 268 g/mol. The zero-order valence-corrected chi connectivity index (χ0v) is 10.5. The van der Waals surface area contributed by atoms with Crippen LogP contribution in [0.25, 0.3) is 0 Å². The largest absolute Gasteiger partial charge is 0.478 e. The van der Waals surface area contributed by atoms with Crippen LogP contribution in [0.15, 0.2) is 17.0 Å². The second-order valence-corrected chi connectivity index (χ2v) is 5.51. The lowest BCUT2D eigenvalue weighted by atomic mass is 10.2. The van der Waals surface area contributed by atoms with Crippen molar-refractivity contribution >= 4 is 16.0 Å². The van der Waals surface area contributed by atoms with Gasteiger partial charge >= 0.3 is 5.97 Å². The van der Waals surface area contributed by atoms with Crippen molar-refractivity contribution in [2.24, 2.45) is 0 Å². The molecule has 18 heavy (non-hydrogen) atoms. The van der Waals surface area contributed by atoms with Crippen LogP contribution in [0.4, 0.5) is 8.78 Å². The summed E-state index contributed by atoms with van der Waals surface area (Å²) < 4.78 is 51.1. The van der Waals surface area contributed by atoms with Gasteiger partial charge in [-0.25, -0.2) is 26.3 Å². The zero-order valence-electron chi connectivity index (χ0n) is 9.65. The lowest BCUT2D eigenvalue weighted by Gasteiger charge is -2.15. The molecule has 100 valence electrons. The van der Waals surface area contributed by atoms with Gasteiger partial charge < -0.3 is 5.11 Å². The van der Waals surface area contributed by atoms with Gasteiger partial charge in [-0.3, -0.25) is 0 Å². The summed E-state index contributed by atoms with van der Waals surface area (Å²) in [5.74, 6) is -4.64. The van der Waals surface area contributed by atoms with Crippen LogP contribution < -0.4 is 0 Å². The summed E-state index contributed by atoms with van der Waals surface area (Å²) in [7, 11) is -3.06. The number of rotatable bonds is 4. The predicted octanol–water partition coefficient (Wildman–Crippen LogP) is 1.30. The lowest BCUT2D eigenvalue weighted by molar-refractivity contribution is 0.0696. The molecule has 0 amide bonds. The maximum Gasteiger partial charge on any atom is 0.335 e. The molecule has 0 atom stereocenters. The Morgan fingerprint density at radius 3 is 2.39 bits per heavy atom. The van der Waals surface area contributed by atoms with Gasteiger partial charge in [0.15, 0.2) is 11.6 Å². The van der Waals surface area contributed by atoms with Gasteiger partial charge in [0.05, 0.1) is 5.56 Å². The van der Waals surface area contributed by atoms with Crippen molar-refractivity contribution < 1.29 is 27.1 Å². The molecule has 1 N–H and O–H groups in total. The highest BCUT2D eigenvalue weighted by molar-refractivity contribution is 7.89. The van der Waals surface area contributed by atoms with Crippen molar-refractivity contribution in [3.05, 3.63) is 29.3 Å². The average Bonchev–Trinajstić information content (AvgIpc) is 2.30. The average molecular weight is 279 g/mol. The molecule has 0 aliphatic rings. The lowest BCUT2D eigenvalue weighted by Crippen LogP contribution is -2.28. The summed E-state index contributed by atoms with van der Waals surface area (Å²) in [4.78, 5) is 9.70. The van der Waals surface area contributed by atoms with Crippen molar-refractivity contribution in [2.45, 2.75) is 11.8 Å². The van der Waals surface area contributed by atoms with Crippen molar-refractivity contribution in [3.63, 3.8) is 0 Å². The first-order valence-corrected chi connectivity index (χ1v) is 6.34. The van der Waals surface area contributed by atoms with Crippen molar-refractivity contribution in [1.82, 2.24) is 4.31 Å². The summed E-state index contributed by atoms with van der Waals surface area (Å²) in [6.07, 6.45) is 0. The Hall–Kier alpha value is -1.54. The van der Waals surface area contributed by atoms with Gasteiger partial charge in [0, 0.05) is 13.6 Å². The molecule has 0 radical (unpaired) electrons. The van der Waals surface area contributed by atoms with E-state index < -0.39 is 38.1 Å². The fraction of sp³-hybridized carbons (Fsp3) is 0.300. The molecule has 0 spiro atoms. The van der Waals surface area contributed by atoms with E-state index in [4.69, 9.17) is 5.11 Å². The Morgan fingerprint density at radius 1 is 1.39 bits per heavy atom. The quantitative estimate of drug-likeness (QED) is 0.901. The number of aromatic carboxylic acids is 1. The summed E-state index contributed by atoms with van der Waals surface area (Å²) in [6, 6.07) is 1.03. The van der Waals surface area contributed by atoms with Crippen LogP contribution in [0, 0.1) is 11.6 Å². The van der Waals surface area contributed by atoms with Crippen LogP contribution in [-0.2, 0) is 10.0 Å². The van der Waals surface area contributed by atoms with Crippen LogP contribution in [0.2, 0.25) is 0 Å². The second-order valence-electron chi connectivity index (χ2n) is 3.49. The van der Waals surface area contributed by atoms with Crippen molar-refractivity contribution in [3.8, 4) is 0 Å². The zero-order chi connectivity index (χ0) is 14.1. The van der Waals surface area contributed by atoms with Crippen LogP contribution in [0.5, 0.6) is 0 Å². The Bertz CT molecular complexity index is 586. The minimum absolute atomic E-state index is 0.0424. The van der Waals surface area contributed by atoms with E-state index in [1.165, 1.54) is 14.0 Å². The van der Waals surface area contributed by atoms with Gasteiger partial charge in [0.1, 0.15) is 4.90 Å². The fourth-order valence-electron chi connectivity index (χ4n) is 1.21. The Kier molecular flexibility index (Phi) is 4.02. The third kappa shape index (κ3) is 2.49. The number of carboxylic acids is 1. The van der Waals surface area contributed by atoms with Crippen LogP contribution in [0.1, 0.15) is 17.3 Å². The molecule has 0 saturated heterocycles. The van der Waals surface area contributed by atoms with Gasteiger partial charge in [-0.05, 0) is 12.1 Å². The van der Waals surface area contributed by atoms with E-state index in [9.17, 15) is 22.0 Å². The predicted molar refractivity (Wildman–Crippen MR) is 58.8 cm³/mol. The van der Waals surface area contributed by atoms with Gasteiger partial charge in [0.2, 0.25) is 10.0 Å². The molecule has 0 saturated carbocycles. The molecule has 0 bridgehead atoms. The van der Waals surface area contributed by atoms with E-state index in [1.54, 1.807) is 0 Å². The molecule has 1 rings (SSSR count). The summed E-state index contributed by atoms with van der Waals surface area (Å²) >= 11 is 0. The van der Waals surface area contributed by atoms with Gasteiger partial charge in [0.25, 0.3) is 0 Å². The smallest absolute Gasteiger partial charge is 0.335 e. The van der Waals surface area contributed by atoms with Crippen LogP contribution >= 0.6 is 0 Å². The molecule has 1 aromatic rings. The standard InChI is InChI=1S/C10H11F2NO4S/c1-3-13(2)18(16,17)8-5-6(10(14)15)4-7(11)9(8)12/h4-5H,3H2,1-2H3,(H,14,15). The number of halogens is 2.